The Hall–Kier alpha value is -3.66. The number of hydrogen-bond donors (Lipinski definition) is 1. The van der Waals surface area contributed by atoms with E-state index in [1.807, 2.05) is 68.4 Å². The molecule has 0 saturated carbocycles. The standard InChI is InChI=1S/C35H37BrClN3O4S/c1-4-25(2)38-35(42)33(22-27-13-7-5-8-14-27)39(23-28-15-11-16-29(36)21-28)34(41)24-40(32-20-12-19-31(37)26(32)3)45(43,44)30-17-9-6-10-18-30/h5-21,25,33H,4,22-24H2,1-3H3,(H,38,42)/t25-,33+/m1/s1. The van der Waals surface area contributed by atoms with Crippen molar-refractivity contribution >= 4 is 55.1 Å². The van der Waals surface area contributed by atoms with Gasteiger partial charge >= 0.3 is 0 Å². The number of carbonyl (C=O) groups is 2. The number of hydrogen-bond acceptors (Lipinski definition) is 4. The van der Waals surface area contributed by atoms with Crippen LogP contribution in [0.2, 0.25) is 5.02 Å². The Balaban J connectivity index is 1.83. The maximum Gasteiger partial charge on any atom is 0.264 e. The molecule has 0 bridgehead atoms. The topological polar surface area (TPSA) is 86.8 Å². The van der Waals surface area contributed by atoms with Gasteiger partial charge in [-0.3, -0.25) is 13.9 Å². The second-order valence-electron chi connectivity index (χ2n) is 10.9. The molecule has 4 aromatic rings. The summed E-state index contributed by atoms with van der Waals surface area (Å²) < 4.78 is 30.2. The Bertz CT molecular complexity index is 1720. The summed E-state index contributed by atoms with van der Waals surface area (Å²) in [5.74, 6) is -0.845. The van der Waals surface area contributed by atoms with Gasteiger partial charge in [0.25, 0.3) is 10.0 Å². The molecular weight excluding hydrogens is 674 g/mol. The van der Waals surface area contributed by atoms with Gasteiger partial charge < -0.3 is 10.2 Å². The van der Waals surface area contributed by atoms with Crippen molar-refractivity contribution in [2.24, 2.45) is 0 Å². The van der Waals surface area contributed by atoms with Crippen molar-refractivity contribution < 1.29 is 18.0 Å². The minimum atomic E-state index is -4.21. The molecular formula is C35H37BrClN3O4S. The summed E-state index contributed by atoms with van der Waals surface area (Å²) in [7, 11) is -4.21. The predicted molar refractivity (Wildman–Crippen MR) is 184 cm³/mol. The number of rotatable bonds is 13. The molecule has 0 aliphatic heterocycles. The molecule has 0 radical (unpaired) electrons. The van der Waals surface area contributed by atoms with Crippen LogP contribution in [0.5, 0.6) is 0 Å². The van der Waals surface area contributed by atoms with Crippen molar-refractivity contribution in [3.05, 3.63) is 129 Å². The third kappa shape index (κ3) is 8.75. The van der Waals surface area contributed by atoms with Crippen LogP contribution in [-0.4, -0.2) is 43.8 Å². The summed E-state index contributed by atoms with van der Waals surface area (Å²) >= 11 is 9.95. The number of halogens is 2. The third-order valence-corrected chi connectivity index (χ3v) is 10.3. The molecule has 2 amide bonds. The Morgan fingerprint density at radius 2 is 1.51 bits per heavy atom. The number of sulfonamides is 1. The van der Waals surface area contributed by atoms with Gasteiger partial charge in [0.05, 0.1) is 10.6 Å². The highest BCUT2D eigenvalue weighted by atomic mass is 79.9. The fraction of sp³-hybridized carbons (Fsp3) is 0.257. The number of benzene rings is 4. The first-order valence-corrected chi connectivity index (χ1v) is 17.3. The average Bonchev–Trinajstić information content (AvgIpc) is 3.03. The molecule has 0 aliphatic rings. The van der Waals surface area contributed by atoms with Crippen LogP contribution < -0.4 is 9.62 Å². The van der Waals surface area contributed by atoms with Crippen LogP contribution in [0.1, 0.15) is 37.0 Å². The van der Waals surface area contributed by atoms with E-state index in [-0.39, 0.29) is 35.5 Å². The molecule has 0 aromatic heterocycles. The molecule has 0 saturated heterocycles. The van der Waals surface area contributed by atoms with E-state index in [1.165, 1.54) is 17.0 Å². The largest absolute Gasteiger partial charge is 0.352 e. The van der Waals surface area contributed by atoms with Crippen LogP contribution in [0.4, 0.5) is 5.69 Å². The van der Waals surface area contributed by atoms with Gasteiger partial charge in [-0.25, -0.2) is 8.42 Å². The Morgan fingerprint density at radius 1 is 0.889 bits per heavy atom. The van der Waals surface area contributed by atoms with Gasteiger partial charge in [-0.2, -0.15) is 0 Å². The fourth-order valence-corrected chi connectivity index (χ4v) is 7.04. The highest BCUT2D eigenvalue weighted by Crippen LogP contribution is 2.31. The van der Waals surface area contributed by atoms with E-state index in [4.69, 9.17) is 11.6 Å². The molecule has 10 heteroatoms. The SMILES string of the molecule is CC[C@@H](C)NC(=O)[C@H](Cc1ccccc1)N(Cc1cccc(Br)c1)C(=O)CN(c1cccc(Cl)c1C)S(=O)(=O)c1ccccc1. The van der Waals surface area contributed by atoms with Crippen LogP contribution in [0.25, 0.3) is 0 Å². The molecule has 1 N–H and O–H groups in total. The van der Waals surface area contributed by atoms with Crippen molar-refractivity contribution in [3.63, 3.8) is 0 Å². The summed E-state index contributed by atoms with van der Waals surface area (Å²) in [6.45, 7) is 5.13. The zero-order valence-corrected chi connectivity index (χ0v) is 28.6. The molecule has 236 valence electrons. The minimum absolute atomic E-state index is 0.0334. The van der Waals surface area contributed by atoms with E-state index in [1.54, 1.807) is 43.3 Å². The summed E-state index contributed by atoms with van der Waals surface area (Å²) in [5.41, 5.74) is 2.45. The molecule has 45 heavy (non-hydrogen) atoms. The van der Waals surface area contributed by atoms with Gasteiger partial charge in [0.15, 0.2) is 0 Å². The van der Waals surface area contributed by atoms with E-state index in [0.717, 1.165) is 19.9 Å². The van der Waals surface area contributed by atoms with Crippen molar-refractivity contribution in [2.45, 2.75) is 57.1 Å². The van der Waals surface area contributed by atoms with Crippen LogP contribution in [0.15, 0.2) is 112 Å². The van der Waals surface area contributed by atoms with Gasteiger partial charge in [0.2, 0.25) is 11.8 Å². The minimum Gasteiger partial charge on any atom is -0.352 e. The first-order valence-electron chi connectivity index (χ1n) is 14.7. The average molecular weight is 711 g/mol. The lowest BCUT2D eigenvalue weighted by molar-refractivity contribution is -0.140. The quantitative estimate of drug-likeness (QED) is 0.160. The number of anilines is 1. The summed E-state index contributed by atoms with van der Waals surface area (Å²) in [5, 5.41) is 3.42. The third-order valence-electron chi connectivity index (χ3n) is 7.63. The maximum absolute atomic E-state index is 14.6. The van der Waals surface area contributed by atoms with Gasteiger partial charge in [-0.1, -0.05) is 101 Å². The first kappa shape index (κ1) is 34.2. The Morgan fingerprint density at radius 3 is 2.16 bits per heavy atom. The van der Waals surface area contributed by atoms with Crippen molar-refractivity contribution in [1.29, 1.82) is 0 Å². The number of carbonyl (C=O) groups excluding carboxylic acids is 2. The number of amides is 2. The van der Waals surface area contributed by atoms with E-state index < -0.39 is 28.5 Å². The van der Waals surface area contributed by atoms with E-state index >= 15 is 0 Å². The fourth-order valence-electron chi connectivity index (χ4n) is 4.93. The lowest BCUT2D eigenvalue weighted by Gasteiger charge is -2.34. The highest BCUT2D eigenvalue weighted by Gasteiger charge is 2.35. The van der Waals surface area contributed by atoms with Crippen LogP contribution >= 0.6 is 27.5 Å². The highest BCUT2D eigenvalue weighted by molar-refractivity contribution is 9.10. The van der Waals surface area contributed by atoms with E-state index in [9.17, 15) is 18.0 Å². The summed E-state index contributed by atoms with van der Waals surface area (Å²) in [4.78, 5) is 30.0. The summed E-state index contributed by atoms with van der Waals surface area (Å²) in [6.07, 6.45) is 0.949. The van der Waals surface area contributed by atoms with E-state index in [2.05, 4.69) is 21.2 Å². The summed E-state index contributed by atoms with van der Waals surface area (Å²) in [6, 6.07) is 28.8. The molecule has 0 aliphatic carbocycles. The van der Waals surface area contributed by atoms with Crippen molar-refractivity contribution in [3.8, 4) is 0 Å². The molecule has 4 aromatic carbocycles. The monoisotopic (exact) mass is 709 g/mol. The molecule has 0 unspecified atom stereocenters. The van der Waals surface area contributed by atoms with E-state index in [0.29, 0.717) is 17.0 Å². The maximum atomic E-state index is 14.6. The molecule has 0 fully saturated rings. The lowest BCUT2D eigenvalue weighted by atomic mass is 10.0. The number of nitrogens with zero attached hydrogens (tertiary/aromatic N) is 2. The second kappa shape index (κ2) is 15.6. The zero-order chi connectivity index (χ0) is 32.6. The lowest BCUT2D eigenvalue weighted by Crippen LogP contribution is -2.54. The second-order valence-corrected chi connectivity index (χ2v) is 14.1. The van der Waals surface area contributed by atoms with Gasteiger partial charge in [0.1, 0.15) is 12.6 Å². The molecule has 7 nitrogen and oxygen atoms in total. The predicted octanol–water partition coefficient (Wildman–Crippen LogP) is 7.16. The van der Waals surface area contributed by atoms with Crippen LogP contribution in [-0.2, 0) is 32.6 Å². The number of nitrogens with one attached hydrogen (secondary N) is 1. The first-order chi connectivity index (χ1) is 21.5. The van der Waals surface area contributed by atoms with Crippen LogP contribution in [0, 0.1) is 6.92 Å². The van der Waals surface area contributed by atoms with Crippen molar-refractivity contribution in [1.82, 2.24) is 10.2 Å². The molecule has 0 spiro atoms. The van der Waals surface area contributed by atoms with Crippen LogP contribution in [0.3, 0.4) is 0 Å². The molecule has 4 rings (SSSR count). The Labute approximate surface area is 279 Å². The van der Waals surface area contributed by atoms with Gasteiger partial charge in [-0.15, -0.1) is 0 Å². The van der Waals surface area contributed by atoms with Crippen molar-refractivity contribution in [2.75, 3.05) is 10.8 Å². The van der Waals surface area contributed by atoms with Gasteiger partial charge in [0, 0.05) is 28.5 Å². The molecule has 0 heterocycles. The smallest absolute Gasteiger partial charge is 0.264 e. The van der Waals surface area contributed by atoms with Gasteiger partial charge in [-0.05, 0) is 73.4 Å². The Kier molecular flexibility index (Phi) is 11.8. The normalized spacial score (nSPS) is 12.6. The molecule has 2 atom stereocenters. The zero-order valence-electron chi connectivity index (χ0n) is 25.5.